The molecule has 5 rings (SSSR count). The molecule has 1 atom stereocenters. The van der Waals surface area contributed by atoms with E-state index in [1.54, 1.807) is 42.5 Å². The average molecular weight is 528 g/mol. The molecule has 11 nitrogen and oxygen atoms in total. The largest absolute Gasteiger partial charge is 0.382 e. The van der Waals surface area contributed by atoms with Crippen molar-refractivity contribution >= 4 is 51.9 Å². The number of rotatable bonds is 8. The minimum atomic E-state index is -0.932. The van der Waals surface area contributed by atoms with Gasteiger partial charge in [0.25, 0.3) is 0 Å². The Labute approximate surface area is 221 Å². The number of hydrogen-bond donors (Lipinski definition) is 4. The third-order valence-electron chi connectivity index (χ3n) is 6.02. The lowest BCUT2D eigenvalue weighted by Crippen LogP contribution is -2.32. The Bertz CT molecular complexity index is 1650. The van der Waals surface area contributed by atoms with Crippen LogP contribution in [0.5, 0.6) is 0 Å². The molecule has 12 heteroatoms. The van der Waals surface area contributed by atoms with Gasteiger partial charge in [-0.05, 0) is 64.9 Å². The van der Waals surface area contributed by atoms with E-state index in [1.165, 1.54) is 11.0 Å². The van der Waals surface area contributed by atoms with E-state index in [4.69, 9.17) is 23.1 Å². The molecule has 2 heterocycles. The fourth-order valence-electron chi connectivity index (χ4n) is 4.17. The number of nitrogens with two attached hydrogens (primary N) is 2. The first-order chi connectivity index (χ1) is 18.4. The van der Waals surface area contributed by atoms with E-state index in [9.17, 15) is 9.59 Å². The van der Waals surface area contributed by atoms with E-state index < -0.39 is 17.7 Å². The Morgan fingerprint density at radius 3 is 2.66 bits per heavy atom. The molecule has 0 radical (unpaired) electrons. The van der Waals surface area contributed by atoms with E-state index in [-0.39, 0.29) is 12.0 Å². The van der Waals surface area contributed by atoms with Crippen LogP contribution in [0.15, 0.2) is 78.6 Å². The van der Waals surface area contributed by atoms with Crippen molar-refractivity contribution in [2.24, 2.45) is 11.7 Å². The van der Waals surface area contributed by atoms with Crippen LogP contribution in [0.4, 0.5) is 11.5 Å². The number of tetrazole rings is 1. The van der Waals surface area contributed by atoms with E-state index in [2.05, 4.69) is 31.0 Å². The SMILES string of the molecule is NC(=O)C(=Cc1cc(Cl)ccc1-n1cnnn1)[C@H](Cc1ccccc1)C(=O)Nc1ccc2c(N)n[nH]c2c1. The van der Waals surface area contributed by atoms with Crippen LogP contribution in [-0.4, -0.2) is 42.2 Å². The van der Waals surface area contributed by atoms with Gasteiger partial charge in [0, 0.05) is 27.2 Å². The van der Waals surface area contributed by atoms with Gasteiger partial charge in [-0.2, -0.15) is 9.78 Å². The van der Waals surface area contributed by atoms with Gasteiger partial charge in [0.2, 0.25) is 11.8 Å². The fourth-order valence-corrected chi connectivity index (χ4v) is 4.35. The molecule has 0 fully saturated rings. The summed E-state index contributed by atoms with van der Waals surface area (Å²) < 4.78 is 1.43. The normalized spacial score (nSPS) is 12.4. The molecule has 0 unspecified atom stereocenters. The molecule has 5 aromatic rings. The number of hydrogen-bond acceptors (Lipinski definition) is 7. The highest BCUT2D eigenvalue weighted by molar-refractivity contribution is 6.30. The van der Waals surface area contributed by atoms with E-state index in [1.807, 2.05) is 30.3 Å². The third kappa shape index (κ3) is 5.22. The lowest BCUT2D eigenvalue weighted by atomic mass is 9.88. The fraction of sp³-hybridized carbons (Fsp3) is 0.0769. The molecule has 0 aliphatic heterocycles. The predicted molar refractivity (Wildman–Crippen MR) is 144 cm³/mol. The van der Waals surface area contributed by atoms with Crippen LogP contribution in [0.25, 0.3) is 22.7 Å². The van der Waals surface area contributed by atoms with Crippen molar-refractivity contribution < 1.29 is 9.59 Å². The first-order valence-electron chi connectivity index (χ1n) is 11.5. The number of H-pyrrole nitrogens is 1. The number of fused-ring (bicyclic) bond motifs is 1. The molecule has 0 aliphatic rings. The van der Waals surface area contributed by atoms with E-state index in [0.29, 0.717) is 33.3 Å². The summed E-state index contributed by atoms with van der Waals surface area (Å²) in [5.41, 5.74) is 14.9. The number of amides is 2. The topological polar surface area (TPSA) is 170 Å². The van der Waals surface area contributed by atoms with Crippen LogP contribution in [0.3, 0.4) is 0 Å². The summed E-state index contributed by atoms with van der Waals surface area (Å²) in [6.07, 6.45) is 3.19. The van der Waals surface area contributed by atoms with Gasteiger partial charge in [-0.3, -0.25) is 14.7 Å². The van der Waals surface area contributed by atoms with E-state index >= 15 is 0 Å². The maximum atomic E-state index is 13.7. The van der Waals surface area contributed by atoms with Crippen molar-refractivity contribution in [2.75, 3.05) is 11.1 Å². The Balaban J connectivity index is 1.56. The van der Waals surface area contributed by atoms with Crippen molar-refractivity contribution in [3.63, 3.8) is 0 Å². The van der Waals surface area contributed by atoms with E-state index in [0.717, 1.165) is 10.9 Å². The highest BCUT2D eigenvalue weighted by atomic mass is 35.5. The third-order valence-corrected chi connectivity index (χ3v) is 6.25. The number of nitrogens with zero attached hydrogens (tertiary/aromatic N) is 5. The van der Waals surface area contributed by atoms with Gasteiger partial charge >= 0.3 is 0 Å². The lowest BCUT2D eigenvalue weighted by molar-refractivity contribution is -0.121. The summed E-state index contributed by atoms with van der Waals surface area (Å²) in [5.74, 6) is -1.74. The first kappa shape index (κ1) is 24.7. The number of benzene rings is 3. The maximum Gasteiger partial charge on any atom is 0.245 e. The van der Waals surface area contributed by atoms with Gasteiger partial charge in [-0.15, -0.1) is 5.10 Å². The minimum Gasteiger partial charge on any atom is -0.382 e. The Morgan fingerprint density at radius 2 is 1.92 bits per heavy atom. The van der Waals surface area contributed by atoms with Crippen LogP contribution >= 0.6 is 11.6 Å². The van der Waals surface area contributed by atoms with Crippen molar-refractivity contribution in [3.8, 4) is 5.69 Å². The summed E-state index contributed by atoms with van der Waals surface area (Å²) in [4.78, 5) is 26.5. The molecule has 0 saturated heterocycles. The van der Waals surface area contributed by atoms with Gasteiger partial charge < -0.3 is 16.8 Å². The second kappa shape index (κ2) is 10.5. The number of aromatic nitrogens is 6. The molecule has 38 heavy (non-hydrogen) atoms. The molecule has 2 amide bonds. The smallest absolute Gasteiger partial charge is 0.245 e. The molecular formula is C26H22ClN9O2. The Kier molecular flexibility index (Phi) is 6.83. The standard InChI is InChI=1S/C26H22ClN9O2/c27-17-6-9-23(36-14-30-34-35-36)16(11-17)12-20(25(29)37)21(10-15-4-2-1-3-5-15)26(38)31-18-7-8-19-22(13-18)32-33-24(19)28/h1-9,11-14,21H,10H2,(H2,29,37)(H,31,38)(H3,28,32,33)/t21-/m0/s1. The van der Waals surface area contributed by atoms with Gasteiger partial charge in [0.1, 0.15) is 6.33 Å². The monoisotopic (exact) mass is 527 g/mol. The molecule has 0 saturated carbocycles. The Hall–Kier alpha value is -5.03. The summed E-state index contributed by atoms with van der Waals surface area (Å²) >= 11 is 6.27. The zero-order valence-electron chi connectivity index (χ0n) is 19.9. The van der Waals surface area contributed by atoms with Crippen molar-refractivity contribution in [1.29, 1.82) is 0 Å². The zero-order chi connectivity index (χ0) is 26.6. The Morgan fingerprint density at radius 1 is 1.11 bits per heavy atom. The number of carbonyl (C=O) groups is 2. The molecule has 190 valence electrons. The molecule has 0 bridgehead atoms. The number of primary amides is 1. The van der Waals surface area contributed by atoms with Crippen LogP contribution in [0.2, 0.25) is 5.02 Å². The highest BCUT2D eigenvalue weighted by Crippen LogP contribution is 2.28. The molecule has 6 N–H and O–H groups in total. The predicted octanol–water partition coefficient (Wildman–Crippen LogP) is 3.14. The second-order valence-electron chi connectivity index (χ2n) is 8.52. The summed E-state index contributed by atoms with van der Waals surface area (Å²) in [6, 6.07) is 19.6. The average Bonchev–Trinajstić information content (AvgIpc) is 3.57. The quantitative estimate of drug-likeness (QED) is 0.224. The zero-order valence-corrected chi connectivity index (χ0v) is 20.6. The number of halogens is 1. The molecule has 0 spiro atoms. The van der Waals surface area contributed by atoms with Crippen LogP contribution in [-0.2, 0) is 16.0 Å². The van der Waals surface area contributed by atoms with Crippen molar-refractivity contribution in [2.45, 2.75) is 6.42 Å². The molecular weight excluding hydrogens is 506 g/mol. The number of nitrogen functional groups attached to an aromatic ring is 1. The summed E-state index contributed by atoms with van der Waals surface area (Å²) in [5, 5.41) is 22.1. The second-order valence-corrected chi connectivity index (χ2v) is 8.96. The lowest BCUT2D eigenvalue weighted by Gasteiger charge is -2.19. The molecule has 3 aromatic carbocycles. The van der Waals surface area contributed by atoms with Crippen molar-refractivity contribution in [3.05, 3.63) is 94.8 Å². The molecule has 2 aromatic heterocycles. The highest BCUT2D eigenvalue weighted by Gasteiger charge is 2.28. The maximum absolute atomic E-state index is 13.7. The summed E-state index contributed by atoms with van der Waals surface area (Å²) in [7, 11) is 0. The number of nitrogens with one attached hydrogen (secondary N) is 2. The number of anilines is 2. The van der Waals surface area contributed by atoms with Crippen molar-refractivity contribution in [1.82, 2.24) is 30.4 Å². The van der Waals surface area contributed by atoms with Gasteiger partial charge in [0.15, 0.2) is 5.82 Å². The van der Waals surface area contributed by atoms with Crippen LogP contribution in [0.1, 0.15) is 11.1 Å². The minimum absolute atomic E-state index is 0.0924. The summed E-state index contributed by atoms with van der Waals surface area (Å²) in [6.45, 7) is 0. The van der Waals surface area contributed by atoms with Crippen LogP contribution in [0, 0.1) is 5.92 Å². The first-order valence-corrected chi connectivity index (χ1v) is 11.9. The molecule has 0 aliphatic carbocycles. The number of aromatic amines is 1. The number of carbonyl (C=O) groups excluding carboxylic acids is 2. The van der Waals surface area contributed by atoms with Crippen LogP contribution < -0.4 is 16.8 Å². The van der Waals surface area contributed by atoms with Gasteiger partial charge in [-0.1, -0.05) is 41.9 Å². The van der Waals surface area contributed by atoms with Gasteiger partial charge in [0.05, 0.1) is 17.1 Å². The van der Waals surface area contributed by atoms with Gasteiger partial charge in [-0.25, -0.2) is 0 Å².